The van der Waals surface area contributed by atoms with Gasteiger partial charge in [0, 0.05) is 13.2 Å². The number of hydrogen-bond acceptors (Lipinski definition) is 3. The molecule has 104 valence electrons. The Morgan fingerprint density at radius 3 is 2.80 bits per heavy atom. The lowest BCUT2D eigenvalue weighted by atomic mass is 10.1. The number of H-pyrrole nitrogens is 1. The van der Waals surface area contributed by atoms with Crippen LogP contribution in [0.1, 0.15) is 16.1 Å². The Labute approximate surface area is 115 Å². The minimum absolute atomic E-state index is 0.0756. The first-order valence-electron chi connectivity index (χ1n) is 5.90. The Morgan fingerprint density at radius 1 is 1.40 bits per heavy atom. The van der Waals surface area contributed by atoms with Gasteiger partial charge in [-0.2, -0.15) is 0 Å². The van der Waals surface area contributed by atoms with E-state index in [2.05, 4.69) is 15.3 Å². The number of aromatic amines is 1. The molecule has 7 heteroatoms. The fraction of sp³-hybridized carbons (Fsp3) is 0.154. The van der Waals surface area contributed by atoms with Crippen molar-refractivity contribution in [1.82, 2.24) is 15.3 Å². The minimum Gasteiger partial charge on any atom is -0.478 e. The molecule has 0 aliphatic carbocycles. The number of hydrogen-bond donors (Lipinski definition) is 3. The Bertz CT molecular complexity index is 610. The number of benzene rings is 1. The van der Waals surface area contributed by atoms with Gasteiger partial charge in [-0.05, 0) is 12.1 Å². The number of amides is 2. The molecule has 2 amide bonds. The van der Waals surface area contributed by atoms with Crippen LogP contribution in [0.5, 0.6) is 0 Å². The molecule has 0 fully saturated rings. The SMILES string of the molecule is CN(C(=O)NCc1cnc[nH]1)c1ccccc1C(=O)O. The monoisotopic (exact) mass is 274 g/mol. The summed E-state index contributed by atoms with van der Waals surface area (Å²) in [5.41, 5.74) is 1.17. The van der Waals surface area contributed by atoms with Gasteiger partial charge in [0.2, 0.25) is 0 Å². The fourth-order valence-corrected chi connectivity index (χ4v) is 1.73. The van der Waals surface area contributed by atoms with E-state index >= 15 is 0 Å². The first-order valence-corrected chi connectivity index (χ1v) is 5.90. The second-order valence-corrected chi connectivity index (χ2v) is 4.12. The number of aromatic nitrogens is 2. The predicted octanol–water partition coefficient (Wildman–Crippen LogP) is 1.45. The summed E-state index contributed by atoms with van der Waals surface area (Å²) < 4.78 is 0. The van der Waals surface area contributed by atoms with E-state index in [9.17, 15) is 9.59 Å². The maximum Gasteiger partial charge on any atom is 0.337 e. The molecule has 0 saturated heterocycles. The highest BCUT2D eigenvalue weighted by atomic mass is 16.4. The molecule has 0 saturated carbocycles. The van der Waals surface area contributed by atoms with Crippen molar-refractivity contribution in [3.63, 3.8) is 0 Å². The van der Waals surface area contributed by atoms with E-state index in [1.54, 1.807) is 24.4 Å². The Balaban J connectivity index is 2.08. The summed E-state index contributed by atoms with van der Waals surface area (Å²) in [7, 11) is 1.52. The second kappa shape index (κ2) is 5.87. The molecule has 1 heterocycles. The molecule has 0 aliphatic rings. The molecule has 0 atom stereocenters. The fourth-order valence-electron chi connectivity index (χ4n) is 1.73. The average Bonchev–Trinajstić information content (AvgIpc) is 2.97. The minimum atomic E-state index is -1.08. The van der Waals surface area contributed by atoms with Crippen LogP contribution in [0.15, 0.2) is 36.8 Å². The normalized spacial score (nSPS) is 10.1. The molecule has 7 nitrogen and oxygen atoms in total. The van der Waals surface area contributed by atoms with Crippen LogP contribution in [0.3, 0.4) is 0 Å². The molecule has 1 aromatic carbocycles. The van der Waals surface area contributed by atoms with Crippen LogP contribution in [0.2, 0.25) is 0 Å². The van der Waals surface area contributed by atoms with Gasteiger partial charge in [-0.25, -0.2) is 14.6 Å². The zero-order valence-corrected chi connectivity index (χ0v) is 10.8. The zero-order valence-electron chi connectivity index (χ0n) is 10.8. The second-order valence-electron chi connectivity index (χ2n) is 4.12. The predicted molar refractivity (Wildman–Crippen MR) is 72.6 cm³/mol. The van der Waals surface area contributed by atoms with Gasteiger partial charge in [0.15, 0.2) is 0 Å². The van der Waals surface area contributed by atoms with Gasteiger partial charge >= 0.3 is 12.0 Å². The van der Waals surface area contributed by atoms with Crippen LogP contribution in [-0.2, 0) is 6.54 Å². The van der Waals surface area contributed by atoms with Crippen LogP contribution in [0, 0.1) is 0 Å². The zero-order chi connectivity index (χ0) is 14.5. The number of carbonyl (C=O) groups is 2. The van der Waals surface area contributed by atoms with Crippen molar-refractivity contribution < 1.29 is 14.7 Å². The van der Waals surface area contributed by atoms with Crippen LogP contribution >= 0.6 is 0 Å². The third-order valence-corrected chi connectivity index (χ3v) is 2.79. The van der Waals surface area contributed by atoms with Crippen molar-refractivity contribution in [3.8, 4) is 0 Å². The summed E-state index contributed by atoms with van der Waals surface area (Å²) >= 11 is 0. The first-order chi connectivity index (χ1) is 9.59. The lowest BCUT2D eigenvalue weighted by Crippen LogP contribution is -2.37. The van der Waals surface area contributed by atoms with Crippen LogP contribution in [0.25, 0.3) is 0 Å². The van der Waals surface area contributed by atoms with Crippen molar-refractivity contribution in [2.75, 3.05) is 11.9 Å². The van der Waals surface area contributed by atoms with E-state index in [-0.39, 0.29) is 5.56 Å². The molecule has 2 rings (SSSR count). The average molecular weight is 274 g/mol. The molecule has 20 heavy (non-hydrogen) atoms. The number of nitrogens with zero attached hydrogens (tertiary/aromatic N) is 2. The van der Waals surface area contributed by atoms with Gasteiger partial charge in [-0.15, -0.1) is 0 Å². The highest BCUT2D eigenvalue weighted by molar-refractivity contribution is 6.01. The molecule has 0 aliphatic heterocycles. The number of carboxylic acids is 1. The van der Waals surface area contributed by atoms with Crippen molar-refractivity contribution >= 4 is 17.7 Å². The molecular weight excluding hydrogens is 260 g/mol. The third kappa shape index (κ3) is 2.94. The van der Waals surface area contributed by atoms with E-state index in [0.29, 0.717) is 12.2 Å². The molecule has 3 N–H and O–H groups in total. The lowest BCUT2D eigenvalue weighted by Gasteiger charge is -2.19. The highest BCUT2D eigenvalue weighted by Gasteiger charge is 2.17. The van der Waals surface area contributed by atoms with Gasteiger partial charge in [0.25, 0.3) is 0 Å². The highest BCUT2D eigenvalue weighted by Crippen LogP contribution is 2.19. The lowest BCUT2D eigenvalue weighted by molar-refractivity contribution is 0.0697. The molecule has 0 unspecified atom stereocenters. The van der Waals surface area contributed by atoms with E-state index < -0.39 is 12.0 Å². The largest absolute Gasteiger partial charge is 0.478 e. The molecular formula is C13H14N4O3. The number of carbonyl (C=O) groups excluding carboxylic acids is 1. The number of rotatable bonds is 4. The van der Waals surface area contributed by atoms with E-state index in [1.807, 2.05) is 0 Å². The Morgan fingerprint density at radius 2 is 2.15 bits per heavy atom. The topological polar surface area (TPSA) is 98.3 Å². The summed E-state index contributed by atoms with van der Waals surface area (Å²) in [6.45, 7) is 0.290. The van der Waals surface area contributed by atoms with E-state index in [0.717, 1.165) is 5.69 Å². The number of nitrogens with one attached hydrogen (secondary N) is 2. The molecule has 0 spiro atoms. The van der Waals surface area contributed by atoms with E-state index in [1.165, 1.54) is 24.3 Å². The first kappa shape index (κ1) is 13.6. The van der Waals surface area contributed by atoms with Crippen LogP contribution in [-0.4, -0.2) is 34.1 Å². The maximum atomic E-state index is 12.0. The van der Waals surface area contributed by atoms with Crippen molar-refractivity contribution in [1.29, 1.82) is 0 Å². The van der Waals surface area contributed by atoms with Gasteiger partial charge in [-0.3, -0.25) is 4.90 Å². The summed E-state index contributed by atoms with van der Waals surface area (Å²) in [6.07, 6.45) is 3.12. The van der Waals surface area contributed by atoms with Crippen molar-refractivity contribution in [2.45, 2.75) is 6.54 Å². The number of anilines is 1. The summed E-state index contributed by atoms with van der Waals surface area (Å²) in [5, 5.41) is 11.8. The van der Waals surface area contributed by atoms with Crippen LogP contribution < -0.4 is 10.2 Å². The molecule has 2 aromatic rings. The van der Waals surface area contributed by atoms with E-state index in [4.69, 9.17) is 5.11 Å². The standard InChI is InChI=1S/C13H14N4O3/c1-17(11-5-3-2-4-10(11)12(18)19)13(20)15-7-9-6-14-8-16-9/h2-6,8H,7H2,1H3,(H,14,16)(H,15,20)(H,18,19). The van der Waals surface area contributed by atoms with Crippen molar-refractivity contribution in [2.24, 2.45) is 0 Å². The smallest absolute Gasteiger partial charge is 0.337 e. The van der Waals surface area contributed by atoms with Crippen molar-refractivity contribution in [3.05, 3.63) is 48.0 Å². The van der Waals surface area contributed by atoms with Crippen LogP contribution in [0.4, 0.5) is 10.5 Å². The summed E-state index contributed by atoms with van der Waals surface area (Å²) in [6, 6.07) is 5.94. The number of imidazole rings is 1. The summed E-state index contributed by atoms with van der Waals surface area (Å²) in [5.74, 6) is -1.08. The number of aromatic carboxylic acids is 1. The quantitative estimate of drug-likeness (QED) is 0.786. The van der Waals surface area contributed by atoms with Gasteiger partial charge in [-0.1, -0.05) is 12.1 Å². The molecule has 1 aromatic heterocycles. The Hall–Kier alpha value is -2.83. The van der Waals surface area contributed by atoms with Gasteiger partial charge in [0.05, 0.1) is 29.8 Å². The summed E-state index contributed by atoms with van der Waals surface area (Å²) in [4.78, 5) is 31.1. The number of para-hydroxylation sites is 1. The maximum absolute atomic E-state index is 12.0. The molecule has 0 bridgehead atoms. The number of carboxylic acid groups (broad SMARTS) is 1. The third-order valence-electron chi connectivity index (χ3n) is 2.79. The Kier molecular flexibility index (Phi) is 3.99. The molecule has 0 radical (unpaired) electrons. The van der Waals surface area contributed by atoms with Gasteiger partial charge in [0.1, 0.15) is 0 Å². The van der Waals surface area contributed by atoms with Gasteiger partial charge < -0.3 is 15.4 Å². The number of urea groups is 1.